The first kappa shape index (κ1) is 17.3. The van der Waals surface area contributed by atoms with Gasteiger partial charge in [0, 0.05) is 17.8 Å². The second-order valence-electron chi connectivity index (χ2n) is 9.19. The molecular formula is C20H36N2Si. The molecule has 0 spiro atoms. The fourth-order valence-corrected chi connectivity index (χ4v) is 12.7. The van der Waals surface area contributed by atoms with Gasteiger partial charge in [-0.05, 0) is 67.2 Å². The molecule has 0 N–H and O–H groups in total. The summed E-state index contributed by atoms with van der Waals surface area (Å²) in [5, 5.41) is 0. The summed E-state index contributed by atoms with van der Waals surface area (Å²) in [6, 6.07) is 4.70. The van der Waals surface area contributed by atoms with E-state index in [1.165, 1.54) is 19.4 Å². The molecule has 2 heterocycles. The summed E-state index contributed by atoms with van der Waals surface area (Å²) in [6.07, 6.45) is 5.25. The smallest absolute Gasteiger partial charge is 0.169 e. The lowest BCUT2D eigenvalue weighted by atomic mass is 10.2. The first-order valence-corrected chi connectivity index (χ1v) is 11.8. The van der Waals surface area contributed by atoms with Crippen LogP contribution >= 0.6 is 0 Å². The Balaban J connectivity index is 1.95. The molecule has 0 amide bonds. The quantitative estimate of drug-likeness (QED) is 0.625. The fourth-order valence-electron chi connectivity index (χ4n) is 6.02. The minimum absolute atomic E-state index is 0.521. The first-order chi connectivity index (χ1) is 10.7. The van der Waals surface area contributed by atoms with Crippen LogP contribution in [-0.4, -0.2) is 29.5 Å². The topological polar surface area (TPSA) is 8.17 Å². The van der Waals surface area contributed by atoms with Crippen molar-refractivity contribution < 1.29 is 0 Å². The maximum absolute atomic E-state index is 2.78. The van der Waals surface area contributed by atoms with E-state index in [0.717, 1.165) is 29.1 Å². The van der Waals surface area contributed by atoms with Gasteiger partial charge >= 0.3 is 0 Å². The molecule has 1 saturated carbocycles. The minimum atomic E-state index is -1.61. The molecule has 2 atom stereocenters. The van der Waals surface area contributed by atoms with Gasteiger partial charge in [0.1, 0.15) is 0 Å². The molecule has 1 saturated heterocycles. The monoisotopic (exact) mass is 332 g/mol. The lowest BCUT2D eigenvalue weighted by Gasteiger charge is -2.45. The van der Waals surface area contributed by atoms with E-state index in [9.17, 15) is 0 Å². The number of hydrogen-bond donors (Lipinski definition) is 0. The van der Waals surface area contributed by atoms with Gasteiger partial charge in [-0.1, -0.05) is 41.5 Å². The Hall–Kier alpha value is -0.543. The Morgan fingerprint density at radius 3 is 2.17 bits per heavy atom. The largest absolute Gasteiger partial charge is 0.376 e. The molecule has 0 radical (unpaired) electrons. The third kappa shape index (κ3) is 2.46. The summed E-state index contributed by atoms with van der Waals surface area (Å²) >= 11 is 0. The normalized spacial score (nSPS) is 28.2. The van der Waals surface area contributed by atoms with E-state index in [1.54, 1.807) is 5.69 Å². The third-order valence-electron chi connectivity index (χ3n) is 7.23. The van der Waals surface area contributed by atoms with Crippen molar-refractivity contribution in [2.45, 2.75) is 90.0 Å². The Labute approximate surface area is 144 Å². The van der Waals surface area contributed by atoms with Crippen LogP contribution in [0.2, 0.25) is 16.6 Å². The number of aromatic nitrogens is 1. The standard InChI is InChI=1S/C20H36N2Si/c1-15(2)23(16(3)4,17(5)6)22-11-8-9-19(22)14-21-12-10-18-13-20(18,21)7/h8-9,11,15-18H,10,12-14H2,1-7H3/t18-,20+/m1/s1. The number of rotatable bonds is 6. The van der Waals surface area contributed by atoms with Crippen LogP contribution in [-0.2, 0) is 6.54 Å². The van der Waals surface area contributed by atoms with Crippen LogP contribution in [0, 0.1) is 5.92 Å². The summed E-state index contributed by atoms with van der Waals surface area (Å²) in [7, 11) is -1.61. The van der Waals surface area contributed by atoms with Gasteiger partial charge in [-0.15, -0.1) is 0 Å². The Morgan fingerprint density at radius 2 is 1.74 bits per heavy atom. The lowest BCUT2D eigenvalue weighted by molar-refractivity contribution is 0.213. The molecule has 1 aliphatic carbocycles. The molecule has 23 heavy (non-hydrogen) atoms. The lowest BCUT2D eigenvalue weighted by Crippen LogP contribution is -2.52. The van der Waals surface area contributed by atoms with E-state index in [0.29, 0.717) is 5.54 Å². The number of fused-ring (bicyclic) bond motifs is 1. The summed E-state index contributed by atoms with van der Waals surface area (Å²) in [5.41, 5.74) is 4.37. The van der Waals surface area contributed by atoms with Crippen LogP contribution in [0.15, 0.2) is 18.3 Å². The van der Waals surface area contributed by atoms with Gasteiger partial charge in [0.05, 0.1) is 0 Å². The van der Waals surface area contributed by atoms with Crippen LogP contribution in [0.3, 0.4) is 0 Å². The Kier molecular flexibility index (Phi) is 4.33. The zero-order chi connectivity index (χ0) is 17.0. The predicted octanol–water partition coefficient (Wildman–Crippen LogP) is 5.50. The Bertz CT molecular complexity index is 536. The molecule has 1 aliphatic heterocycles. The summed E-state index contributed by atoms with van der Waals surface area (Å²) in [5.74, 6) is 0.980. The van der Waals surface area contributed by atoms with Gasteiger partial charge in [-0.3, -0.25) is 4.90 Å². The average Bonchev–Trinajstić information content (AvgIpc) is 2.78. The second-order valence-corrected chi connectivity index (χ2v) is 14.9. The van der Waals surface area contributed by atoms with Crippen LogP contribution in [0.25, 0.3) is 0 Å². The molecule has 1 aromatic rings. The molecule has 0 bridgehead atoms. The van der Waals surface area contributed by atoms with Crippen molar-refractivity contribution in [1.82, 2.24) is 9.13 Å². The van der Waals surface area contributed by atoms with Crippen molar-refractivity contribution in [3.05, 3.63) is 24.0 Å². The van der Waals surface area contributed by atoms with Crippen molar-refractivity contribution in [2.24, 2.45) is 5.92 Å². The van der Waals surface area contributed by atoms with E-state index in [-0.39, 0.29) is 0 Å². The maximum Gasteiger partial charge on any atom is 0.169 e. The van der Waals surface area contributed by atoms with Crippen molar-refractivity contribution in [1.29, 1.82) is 0 Å². The van der Waals surface area contributed by atoms with Gasteiger partial charge in [0.2, 0.25) is 0 Å². The van der Waals surface area contributed by atoms with Gasteiger partial charge in [-0.2, -0.15) is 0 Å². The van der Waals surface area contributed by atoms with E-state index >= 15 is 0 Å². The first-order valence-electron chi connectivity index (χ1n) is 9.66. The van der Waals surface area contributed by atoms with E-state index in [2.05, 4.69) is 75.9 Å². The van der Waals surface area contributed by atoms with Gasteiger partial charge < -0.3 is 4.23 Å². The molecule has 2 fully saturated rings. The number of piperidine rings is 1. The van der Waals surface area contributed by atoms with E-state index < -0.39 is 8.24 Å². The highest BCUT2D eigenvalue weighted by molar-refractivity contribution is 6.82. The molecule has 2 aliphatic rings. The van der Waals surface area contributed by atoms with Crippen LogP contribution in [0.5, 0.6) is 0 Å². The molecule has 3 heteroatoms. The summed E-state index contributed by atoms with van der Waals surface area (Å²) in [4.78, 5) is 2.77. The van der Waals surface area contributed by atoms with Crippen LogP contribution in [0.1, 0.15) is 67.0 Å². The van der Waals surface area contributed by atoms with Gasteiger partial charge in [0.25, 0.3) is 0 Å². The molecule has 0 unspecified atom stereocenters. The molecule has 0 aromatic carbocycles. The molecule has 3 rings (SSSR count). The minimum Gasteiger partial charge on any atom is -0.376 e. The molecule has 2 nitrogen and oxygen atoms in total. The predicted molar refractivity (Wildman–Crippen MR) is 102 cm³/mol. The third-order valence-corrected chi connectivity index (χ3v) is 14.0. The average molecular weight is 333 g/mol. The number of nitrogens with zero attached hydrogens (tertiary/aromatic N) is 2. The highest BCUT2D eigenvalue weighted by Gasteiger charge is 2.58. The summed E-state index contributed by atoms with van der Waals surface area (Å²) < 4.78 is 2.78. The van der Waals surface area contributed by atoms with Gasteiger partial charge in [0.15, 0.2) is 8.24 Å². The second kappa shape index (κ2) is 5.77. The Morgan fingerprint density at radius 1 is 1.13 bits per heavy atom. The van der Waals surface area contributed by atoms with Crippen molar-refractivity contribution in [2.75, 3.05) is 6.54 Å². The maximum atomic E-state index is 2.78. The van der Waals surface area contributed by atoms with E-state index in [4.69, 9.17) is 0 Å². The number of hydrogen-bond acceptors (Lipinski definition) is 1. The molecule has 130 valence electrons. The van der Waals surface area contributed by atoms with Crippen molar-refractivity contribution in [3.63, 3.8) is 0 Å². The van der Waals surface area contributed by atoms with Crippen LogP contribution < -0.4 is 0 Å². The fraction of sp³-hybridized carbons (Fsp3) is 0.800. The van der Waals surface area contributed by atoms with E-state index in [1.807, 2.05) is 0 Å². The summed E-state index contributed by atoms with van der Waals surface area (Å²) in [6.45, 7) is 19.7. The zero-order valence-electron chi connectivity index (χ0n) is 16.3. The highest BCUT2D eigenvalue weighted by atomic mass is 28.3. The number of likely N-dealkylation sites (tertiary alicyclic amines) is 1. The zero-order valence-corrected chi connectivity index (χ0v) is 17.3. The molecule has 1 aromatic heterocycles. The van der Waals surface area contributed by atoms with Gasteiger partial charge in [-0.25, -0.2) is 0 Å². The highest BCUT2D eigenvalue weighted by Crippen LogP contribution is 2.55. The molecular weight excluding hydrogens is 296 g/mol. The van der Waals surface area contributed by atoms with Crippen molar-refractivity contribution >= 4 is 8.24 Å². The van der Waals surface area contributed by atoms with Crippen molar-refractivity contribution in [3.8, 4) is 0 Å². The SMILES string of the molecule is CC(C)[Si](C(C)C)(C(C)C)n1cccc1CN1CC[C@@H]2C[C@@]21C. The van der Waals surface area contributed by atoms with Crippen LogP contribution in [0.4, 0.5) is 0 Å².